The number of hydrogen-bond acceptors (Lipinski definition) is 8. The van der Waals surface area contributed by atoms with Crippen molar-refractivity contribution in [2.75, 3.05) is 0 Å². The number of benzene rings is 6. The molecule has 10 heteroatoms. The average molecular weight is 886 g/mol. The van der Waals surface area contributed by atoms with Crippen molar-refractivity contribution in [2.24, 2.45) is 0 Å². The van der Waals surface area contributed by atoms with Crippen LogP contribution in [0.5, 0.6) is 0 Å². The Morgan fingerprint density at radius 2 is 0.710 bits per heavy atom. The third kappa shape index (κ3) is 11.9. The highest BCUT2D eigenvalue weighted by Gasteiger charge is 2.17. The highest BCUT2D eigenvalue weighted by atomic mass is 79.9. The predicted octanol–water partition coefficient (Wildman–Crippen LogP) is 12.5. The number of nitrogens with zero attached hydrogens (tertiary/aromatic N) is 4. The Morgan fingerprint density at radius 3 is 1.02 bits per heavy atom. The Labute approximate surface area is 373 Å². The highest BCUT2D eigenvalue weighted by Crippen LogP contribution is 2.30. The molecular weight excluding hydrogens is 835 g/mol. The Kier molecular flexibility index (Phi) is 14.5. The molecule has 2 aromatic heterocycles. The van der Waals surface area contributed by atoms with Crippen LogP contribution in [0.25, 0.3) is 69.1 Å². The molecule has 8 nitrogen and oxygen atoms in total. The lowest BCUT2D eigenvalue weighted by Crippen LogP contribution is -2.29. The van der Waals surface area contributed by atoms with Crippen LogP contribution in [0.3, 0.4) is 0 Å². The van der Waals surface area contributed by atoms with Gasteiger partial charge in [0.2, 0.25) is 23.6 Å². The molecule has 0 saturated heterocycles. The van der Waals surface area contributed by atoms with Gasteiger partial charge in [0.25, 0.3) is 0 Å². The molecule has 6 aromatic carbocycles. The van der Waals surface area contributed by atoms with Crippen molar-refractivity contribution in [3.05, 3.63) is 185 Å². The average Bonchev–Trinajstić information content (AvgIpc) is 3.99. The normalized spacial score (nSPS) is 11.1. The number of rotatable bonds is 8. The standard InChI is InChI=1S/C26H24N2O.C18H17BrN2O.C8H9BO2/c1-5-18-6-8-19(9-7-18)20-10-12-21(13-11-20)24-27-28-25(29-24)22-14-16-23(17-15-22)26(2,3)4;1-18(2,3)14-8-4-12(5-9-14)16-20-21-17(22-16)13-6-10-15(19)11-7-13;1-2-7-3-5-8(6-4-7)9(10)11/h5-17H,1H2,2-4H3;4-11H,1-3H3;2-6,10-11H,1H2. The van der Waals surface area contributed by atoms with Gasteiger partial charge in [-0.25, -0.2) is 0 Å². The predicted molar refractivity (Wildman–Crippen MR) is 257 cm³/mol. The van der Waals surface area contributed by atoms with Gasteiger partial charge >= 0.3 is 7.12 Å². The van der Waals surface area contributed by atoms with Gasteiger partial charge in [-0.2, -0.15) is 0 Å². The molecule has 0 spiro atoms. The molecule has 0 fully saturated rings. The second-order valence-electron chi connectivity index (χ2n) is 16.6. The van der Waals surface area contributed by atoms with Gasteiger partial charge in [0.1, 0.15) is 0 Å². The Hall–Kier alpha value is -6.46. The van der Waals surface area contributed by atoms with E-state index in [0.717, 1.165) is 49.0 Å². The first-order chi connectivity index (χ1) is 29.6. The van der Waals surface area contributed by atoms with Crippen molar-refractivity contribution >= 4 is 40.7 Å². The second kappa shape index (κ2) is 19.9. The summed E-state index contributed by atoms with van der Waals surface area (Å²) >= 11 is 3.42. The molecule has 0 saturated carbocycles. The third-order valence-corrected chi connectivity index (χ3v) is 10.5. The third-order valence-electron chi connectivity index (χ3n) is 10.0. The first kappa shape index (κ1) is 45.1. The van der Waals surface area contributed by atoms with E-state index >= 15 is 0 Å². The van der Waals surface area contributed by atoms with Gasteiger partial charge in [-0.3, -0.25) is 0 Å². The Bertz CT molecular complexity index is 2680. The zero-order valence-electron chi connectivity index (χ0n) is 35.9. The van der Waals surface area contributed by atoms with Crippen LogP contribution < -0.4 is 5.46 Å². The van der Waals surface area contributed by atoms with E-state index in [9.17, 15) is 0 Å². The molecule has 8 rings (SSSR count). The lowest BCUT2D eigenvalue weighted by atomic mass is 9.80. The van der Waals surface area contributed by atoms with E-state index in [4.69, 9.17) is 18.9 Å². The smallest absolute Gasteiger partial charge is 0.423 e. The van der Waals surface area contributed by atoms with E-state index in [1.54, 1.807) is 30.3 Å². The quantitative estimate of drug-likeness (QED) is 0.145. The minimum Gasteiger partial charge on any atom is -0.423 e. The van der Waals surface area contributed by atoms with Crippen LogP contribution in [-0.4, -0.2) is 37.6 Å². The summed E-state index contributed by atoms with van der Waals surface area (Å²) in [5, 5.41) is 34.2. The van der Waals surface area contributed by atoms with E-state index in [1.807, 2.05) is 66.7 Å². The number of aromatic nitrogens is 4. The zero-order valence-corrected chi connectivity index (χ0v) is 37.5. The lowest BCUT2D eigenvalue weighted by Gasteiger charge is -2.18. The summed E-state index contributed by atoms with van der Waals surface area (Å²) in [5.41, 5.74) is 11.4. The van der Waals surface area contributed by atoms with E-state index in [2.05, 4.69) is 152 Å². The maximum Gasteiger partial charge on any atom is 0.488 e. The fourth-order valence-electron chi connectivity index (χ4n) is 6.15. The first-order valence-electron chi connectivity index (χ1n) is 20.2. The van der Waals surface area contributed by atoms with E-state index in [-0.39, 0.29) is 10.8 Å². The molecule has 0 atom stereocenters. The van der Waals surface area contributed by atoms with Crippen LogP contribution in [0.15, 0.2) is 172 Å². The van der Waals surface area contributed by atoms with Crippen LogP contribution in [0, 0.1) is 0 Å². The minimum absolute atomic E-state index is 0.117. The van der Waals surface area contributed by atoms with Gasteiger partial charge in [-0.1, -0.05) is 168 Å². The van der Waals surface area contributed by atoms with Gasteiger partial charge < -0.3 is 18.9 Å². The summed E-state index contributed by atoms with van der Waals surface area (Å²) in [6, 6.07) is 47.7. The summed E-state index contributed by atoms with van der Waals surface area (Å²) in [6.07, 6.45) is 3.55. The summed E-state index contributed by atoms with van der Waals surface area (Å²) in [4.78, 5) is 0. The van der Waals surface area contributed by atoms with Gasteiger partial charge in [0, 0.05) is 26.7 Å². The first-order valence-corrected chi connectivity index (χ1v) is 21.0. The van der Waals surface area contributed by atoms with E-state index in [0.29, 0.717) is 29.0 Å². The lowest BCUT2D eigenvalue weighted by molar-refractivity contribution is 0.426. The molecule has 0 unspecified atom stereocenters. The van der Waals surface area contributed by atoms with Crippen molar-refractivity contribution in [3.8, 4) is 56.9 Å². The van der Waals surface area contributed by atoms with Crippen LogP contribution in [-0.2, 0) is 10.8 Å². The molecular formula is C52H50BBrN4O4. The zero-order chi connectivity index (χ0) is 44.4. The molecule has 2 N–H and O–H groups in total. The minimum atomic E-state index is -1.38. The molecule has 0 radical (unpaired) electrons. The fraction of sp³-hybridized carbons (Fsp3) is 0.154. The maximum atomic E-state index is 8.72. The van der Waals surface area contributed by atoms with Gasteiger partial charge in [-0.15, -0.1) is 20.4 Å². The van der Waals surface area contributed by atoms with E-state index in [1.165, 1.54) is 11.1 Å². The molecule has 0 aliphatic heterocycles. The SMILES string of the molecule is C=Cc1ccc(-c2ccc(-c3nnc(-c4ccc(C(C)(C)C)cc4)o3)cc2)cc1.C=Cc1ccc(B(O)O)cc1.CC(C)(C)c1ccc(-c2nnc(-c3ccc(Br)cc3)o2)cc1. The van der Waals surface area contributed by atoms with Crippen molar-refractivity contribution in [1.82, 2.24) is 20.4 Å². The summed E-state index contributed by atoms with van der Waals surface area (Å²) in [7, 11) is -1.38. The number of halogens is 1. The Balaban J connectivity index is 0.000000171. The monoisotopic (exact) mass is 884 g/mol. The van der Waals surface area contributed by atoms with Gasteiger partial charge in [0.15, 0.2) is 0 Å². The van der Waals surface area contributed by atoms with Gasteiger partial charge in [-0.05, 0) is 110 Å². The second-order valence-corrected chi connectivity index (χ2v) is 17.5. The molecule has 0 bridgehead atoms. The summed E-state index contributed by atoms with van der Waals surface area (Å²) < 4.78 is 12.7. The molecule has 0 amide bonds. The molecule has 312 valence electrons. The topological polar surface area (TPSA) is 118 Å². The maximum absolute atomic E-state index is 8.72. The fourth-order valence-corrected chi connectivity index (χ4v) is 6.42. The van der Waals surface area contributed by atoms with Crippen LogP contribution in [0.4, 0.5) is 0 Å². The van der Waals surface area contributed by atoms with E-state index < -0.39 is 7.12 Å². The molecule has 2 heterocycles. The highest BCUT2D eigenvalue weighted by molar-refractivity contribution is 9.10. The van der Waals surface area contributed by atoms with Crippen molar-refractivity contribution in [2.45, 2.75) is 52.4 Å². The van der Waals surface area contributed by atoms with Crippen molar-refractivity contribution < 1.29 is 18.9 Å². The van der Waals surface area contributed by atoms with Crippen LogP contribution >= 0.6 is 15.9 Å². The molecule has 0 aliphatic carbocycles. The number of hydrogen-bond donors (Lipinski definition) is 2. The summed E-state index contributed by atoms with van der Waals surface area (Å²) in [5.74, 6) is 2.12. The molecule has 62 heavy (non-hydrogen) atoms. The largest absolute Gasteiger partial charge is 0.488 e. The van der Waals surface area contributed by atoms with Gasteiger partial charge in [0.05, 0.1) is 0 Å². The summed E-state index contributed by atoms with van der Waals surface area (Å²) in [6.45, 7) is 20.6. The van der Waals surface area contributed by atoms with Crippen LogP contribution in [0.1, 0.15) is 63.8 Å². The Morgan fingerprint density at radius 1 is 0.435 bits per heavy atom. The van der Waals surface area contributed by atoms with Crippen molar-refractivity contribution in [1.29, 1.82) is 0 Å². The molecule has 8 aromatic rings. The molecule has 0 aliphatic rings. The van der Waals surface area contributed by atoms with Crippen molar-refractivity contribution in [3.63, 3.8) is 0 Å². The van der Waals surface area contributed by atoms with Crippen LogP contribution in [0.2, 0.25) is 0 Å².